The molecule has 1 aromatic rings. The van der Waals surface area contributed by atoms with Crippen LogP contribution in [0.15, 0.2) is 12.1 Å². The van der Waals surface area contributed by atoms with Crippen molar-refractivity contribution in [3.63, 3.8) is 0 Å². The van der Waals surface area contributed by atoms with Gasteiger partial charge in [0.1, 0.15) is 5.75 Å². The Hall–Kier alpha value is -0.730. The van der Waals surface area contributed by atoms with E-state index in [1.54, 1.807) is 7.11 Å². The molecule has 1 unspecified atom stereocenters. The van der Waals surface area contributed by atoms with E-state index in [0.717, 1.165) is 12.2 Å². The van der Waals surface area contributed by atoms with Crippen LogP contribution in [0.1, 0.15) is 29.2 Å². The number of ether oxygens (including phenoxy) is 1. The van der Waals surface area contributed by atoms with Crippen molar-refractivity contribution < 1.29 is 4.74 Å². The lowest BCUT2D eigenvalue weighted by Crippen LogP contribution is -2.21. The fourth-order valence-electron chi connectivity index (χ4n) is 2.19. The standard InChI is InChI=1S/C14H22ClNO/c1-10-11(2)14(17-5)7-6-12(10)13(8-9-15)16(3)4/h6-7,13H,8-9H2,1-5H3. The van der Waals surface area contributed by atoms with E-state index in [1.807, 2.05) is 6.07 Å². The molecule has 0 N–H and O–H groups in total. The molecular formula is C14H22ClNO. The van der Waals surface area contributed by atoms with Gasteiger partial charge in [0.05, 0.1) is 7.11 Å². The molecule has 0 saturated heterocycles. The van der Waals surface area contributed by atoms with Gasteiger partial charge in [-0.05, 0) is 57.1 Å². The molecule has 0 aliphatic rings. The van der Waals surface area contributed by atoms with Gasteiger partial charge in [-0.3, -0.25) is 0 Å². The molecule has 1 aromatic carbocycles. The highest BCUT2D eigenvalue weighted by molar-refractivity contribution is 6.17. The molecule has 0 aromatic heterocycles. The van der Waals surface area contributed by atoms with E-state index in [4.69, 9.17) is 16.3 Å². The zero-order valence-corrected chi connectivity index (χ0v) is 12.1. The number of rotatable bonds is 5. The summed E-state index contributed by atoms with van der Waals surface area (Å²) in [7, 11) is 5.90. The fourth-order valence-corrected chi connectivity index (χ4v) is 2.40. The molecule has 0 amide bonds. The number of halogens is 1. The Kier molecular flexibility index (Phi) is 5.29. The summed E-state index contributed by atoms with van der Waals surface area (Å²) in [4.78, 5) is 2.22. The van der Waals surface area contributed by atoms with Gasteiger partial charge in [0.15, 0.2) is 0 Å². The van der Waals surface area contributed by atoms with Crippen molar-refractivity contribution in [2.75, 3.05) is 27.1 Å². The Labute approximate surface area is 110 Å². The molecule has 17 heavy (non-hydrogen) atoms. The van der Waals surface area contributed by atoms with Gasteiger partial charge in [-0.15, -0.1) is 11.6 Å². The second-order valence-corrected chi connectivity index (χ2v) is 4.94. The van der Waals surface area contributed by atoms with Crippen LogP contribution in [0.2, 0.25) is 0 Å². The largest absolute Gasteiger partial charge is 0.496 e. The van der Waals surface area contributed by atoms with Crippen LogP contribution in [0.5, 0.6) is 5.75 Å². The van der Waals surface area contributed by atoms with Gasteiger partial charge in [0.2, 0.25) is 0 Å². The van der Waals surface area contributed by atoms with E-state index >= 15 is 0 Å². The van der Waals surface area contributed by atoms with Gasteiger partial charge >= 0.3 is 0 Å². The van der Waals surface area contributed by atoms with Gasteiger partial charge < -0.3 is 9.64 Å². The minimum atomic E-state index is 0.372. The van der Waals surface area contributed by atoms with Crippen molar-refractivity contribution in [1.29, 1.82) is 0 Å². The lowest BCUT2D eigenvalue weighted by Gasteiger charge is -2.26. The summed E-state index contributed by atoms with van der Waals surface area (Å²) < 4.78 is 5.34. The van der Waals surface area contributed by atoms with Crippen molar-refractivity contribution in [2.45, 2.75) is 26.3 Å². The van der Waals surface area contributed by atoms with Crippen LogP contribution in [-0.2, 0) is 0 Å². The minimum absolute atomic E-state index is 0.372. The highest BCUT2D eigenvalue weighted by Gasteiger charge is 2.17. The van der Waals surface area contributed by atoms with Crippen LogP contribution in [0.3, 0.4) is 0 Å². The SMILES string of the molecule is COc1ccc(C(CCCl)N(C)C)c(C)c1C. The molecule has 0 saturated carbocycles. The third kappa shape index (κ3) is 3.14. The highest BCUT2D eigenvalue weighted by atomic mass is 35.5. The smallest absolute Gasteiger partial charge is 0.122 e. The molecule has 2 nitrogen and oxygen atoms in total. The van der Waals surface area contributed by atoms with Gasteiger partial charge in [-0.1, -0.05) is 6.07 Å². The Bertz CT molecular complexity index is 377. The van der Waals surface area contributed by atoms with E-state index in [2.05, 4.69) is 38.9 Å². The summed E-state index contributed by atoms with van der Waals surface area (Å²) in [6.45, 7) is 4.25. The lowest BCUT2D eigenvalue weighted by molar-refractivity contribution is 0.291. The van der Waals surface area contributed by atoms with Gasteiger partial charge in [-0.25, -0.2) is 0 Å². The average molecular weight is 256 g/mol. The van der Waals surface area contributed by atoms with E-state index in [1.165, 1.54) is 16.7 Å². The second-order valence-electron chi connectivity index (χ2n) is 4.56. The highest BCUT2D eigenvalue weighted by Crippen LogP contribution is 2.31. The maximum Gasteiger partial charge on any atom is 0.122 e. The van der Waals surface area contributed by atoms with Crippen molar-refractivity contribution in [3.8, 4) is 5.75 Å². The predicted octanol–water partition coefficient (Wildman–Crippen LogP) is 3.54. The first-order valence-corrected chi connectivity index (χ1v) is 6.42. The molecule has 0 bridgehead atoms. The third-order valence-corrected chi connectivity index (χ3v) is 3.58. The van der Waals surface area contributed by atoms with E-state index in [0.29, 0.717) is 11.9 Å². The Morgan fingerprint density at radius 1 is 1.24 bits per heavy atom. The van der Waals surface area contributed by atoms with E-state index < -0.39 is 0 Å². The van der Waals surface area contributed by atoms with Crippen LogP contribution >= 0.6 is 11.6 Å². The summed E-state index contributed by atoms with van der Waals surface area (Å²) in [5, 5.41) is 0. The first-order chi connectivity index (χ1) is 8.02. The molecular weight excluding hydrogens is 234 g/mol. The maximum absolute atomic E-state index is 5.89. The maximum atomic E-state index is 5.89. The van der Waals surface area contributed by atoms with E-state index in [9.17, 15) is 0 Å². The first-order valence-electron chi connectivity index (χ1n) is 5.89. The van der Waals surface area contributed by atoms with Crippen molar-refractivity contribution in [1.82, 2.24) is 4.90 Å². The molecule has 3 heteroatoms. The van der Waals surface area contributed by atoms with Crippen molar-refractivity contribution >= 4 is 11.6 Å². The minimum Gasteiger partial charge on any atom is -0.496 e. The van der Waals surface area contributed by atoms with Crippen LogP contribution in [-0.4, -0.2) is 32.0 Å². The van der Waals surface area contributed by atoms with Crippen molar-refractivity contribution in [3.05, 3.63) is 28.8 Å². The molecule has 0 aliphatic heterocycles. The molecule has 96 valence electrons. The molecule has 0 heterocycles. The lowest BCUT2D eigenvalue weighted by atomic mass is 9.94. The van der Waals surface area contributed by atoms with E-state index in [-0.39, 0.29) is 0 Å². The van der Waals surface area contributed by atoms with Gasteiger partial charge in [0, 0.05) is 11.9 Å². The summed E-state index contributed by atoms with van der Waals surface area (Å²) in [6, 6.07) is 4.57. The second kappa shape index (κ2) is 6.27. The molecule has 1 atom stereocenters. The zero-order chi connectivity index (χ0) is 13.0. The summed E-state index contributed by atoms with van der Waals surface area (Å²) in [5.41, 5.74) is 3.86. The number of hydrogen-bond donors (Lipinski definition) is 0. The summed E-state index contributed by atoms with van der Waals surface area (Å²) in [5.74, 6) is 1.63. The molecule has 0 radical (unpaired) electrons. The molecule has 0 fully saturated rings. The van der Waals surface area contributed by atoms with Crippen molar-refractivity contribution in [2.24, 2.45) is 0 Å². The number of nitrogens with zero attached hydrogens (tertiary/aromatic N) is 1. The molecule has 0 spiro atoms. The quantitative estimate of drug-likeness (QED) is 0.747. The Morgan fingerprint density at radius 2 is 1.88 bits per heavy atom. The molecule has 1 rings (SSSR count). The number of methoxy groups -OCH3 is 1. The summed E-state index contributed by atoms with van der Waals surface area (Å²) in [6.07, 6.45) is 0.959. The number of hydrogen-bond acceptors (Lipinski definition) is 2. The number of benzene rings is 1. The van der Waals surface area contributed by atoms with Crippen LogP contribution in [0, 0.1) is 13.8 Å². The average Bonchev–Trinajstić information content (AvgIpc) is 2.30. The topological polar surface area (TPSA) is 12.5 Å². The first kappa shape index (κ1) is 14.3. The van der Waals surface area contributed by atoms with Crippen LogP contribution in [0.25, 0.3) is 0 Å². The monoisotopic (exact) mass is 255 g/mol. The normalized spacial score (nSPS) is 12.9. The predicted molar refractivity (Wildman–Crippen MR) is 74.2 cm³/mol. The third-order valence-electron chi connectivity index (χ3n) is 3.36. The summed E-state index contributed by atoms with van der Waals surface area (Å²) >= 11 is 5.89. The van der Waals surface area contributed by atoms with Crippen LogP contribution in [0.4, 0.5) is 0 Å². The van der Waals surface area contributed by atoms with Gasteiger partial charge in [0.25, 0.3) is 0 Å². The number of alkyl halides is 1. The molecule has 0 aliphatic carbocycles. The Balaban J connectivity index is 3.16. The van der Waals surface area contributed by atoms with Gasteiger partial charge in [-0.2, -0.15) is 0 Å². The fraction of sp³-hybridized carbons (Fsp3) is 0.571. The zero-order valence-electron chi connectivity index (χ0n) is 11.4. The van der Waals surface area contributed by atoms with Crippen LogP contribution < -0.4 is 4.74 Å². The Morgan fingerprint density at radius 3 is 2.35 bits per heavy atom.